The van der Waals surface area contributed by atoms with Gasteiger partial charge in [-0.25, -0.2) is 4.39 Å². The van der Waals surface area contributed by atoms with Crippen LogP contribution in [0.5, 0.6) is 0 Å². The van der Waals surface area contributed by atoms with E-state index in [2.05, 4.69) is 0 Å². The first-order valence-electron chi connectivity index (χ1n) is 6.03. The van der Waals surface area contributed by atoms with Gasteiger partial charge in [-0.2, -0.15) is 0 Å². The fourth-order valence-electron chi connectivity index (χ4n) is 1.96. The molecule has 0 radical (unpaired) electrons. The number of para-hydroxylation sites is 1. The normalized spacial score (nSPS) is 12.0. The van der Waals surface area contributed by atoms with E-state index in [1.807, 2.05) is 13.8 Å². The van der Waals surface area contributed by atoms with Crippen LogP contribution >= 0.6 is 0 Å². The zero-order valence-corrected chi connectivity index (χ0v) is 10.5. The Balaban J connectivity index is 2.49. The summed E-state index contributed by atoms with van der Waals surface area (Å²) in [5.74, 6) is -0.619. The van der Waals surface area contributed by atoms with Crippen LogP contribution in [0.15, 0.2) is 28.7 Å². The molecule has 0 bridgehead atoms. The quantitative estimate of drug-likeness (QED) is 0.846. The second-order valence-corrected chi connectivity index (χ2v) is 4.46. The number of rotatable bonds is 4. The Bertz CT molecular complexity index is 584. The number of carbonyl (C=O) groups is 1. The van der Waals surface area contributed by atoms with Crippen LogP contribution in [0.3, 0.4) is 0 Å². The van der Waals surface area contributed by atoms with E-state index in [4.69, 9.17) is 10.2 Å². The molecular weight excluding hydrogens is 233 g/mol. The number of ketones is 1. The van der Waals surface area contributed by atoms with Gasteiger partial charge in [0, 0.05) is 5.39 Å². The summed E-state index contributed by atoms with van der Waals surface area (Å²) in [6, 6.07) is 6.13. The molecule has 0 aliphatic carbocycles. The molecule has 96 valence electrons. The first-order chi connectivity index (χ1) is 8.51. The van der Waals surface area contributed by atoms with E-state index in [1.54, 1.807) is 18.2 Å². The van der Waals surface area contributed by atoms with Gasteiger partial charge in [0.1, 0.15) is 0 Å². The fourth-order valence-corrected chi connectivity index (χ4v) is 1.96. The summed E-state index contributed by atoms with van der Waals surface area (Å²) in [7, 11) is 0. The van der Waals surface area contributed by atoms with Crippen molar-refractivity contribution < 1.29 is 13.6 Å². The van der Waals surface area contributed by atoms with E-state index in [9.17, 15) is 9.18 Å². The van der Waals surface area contributed by atoms with Gasteiger partial charge in [-0.15, -0.1) is 0 Å². The van der Waals surface area contributed by atoms with Gasteiger partial charge in [-0.05, 0) is 25.0 Å². The third-order valence-electron chi connectivity index (χ3n) is 3.43. The lowest BCUT2D eigenvalue weighted by molar-refractivity contribution is 0.0852. The molecule has 2 aromatic rings. The lowest BCUT2D eigenvalue weighted by Gasteiger charge is -2.23. The lowest BCUT2D eigenvalue weighted by Crippen LogP contribution is -2.46. The van der Waals surface area contributed by atoms with E-state index in [-0.39, 0.29) is 17.1 Å². The van der Waals surface area contributed by atoms with Crippen molar-refractivity contribution in [3.8, 4) is 0 Å². The topological polar surface area (TPSA) is 56.2 Å². The van der Waals surface area contributed by atoms with Gasteiger partial charge in [-0.1, -0.05) is 26.0 Å². The van der Waals surface area contributed by atoms with Crippen molar-refractivity contribution >= 4 is 16.8 Å². The van der Waals surface area contributed by atoms with Gasteiger partial charge in [0.15, 0.2) is 17.2 Å². The molecule has 0 spiro atoms. The predicted octanol–water partition coefficient (Wildman–Crippen LogP) is 3.27. The van der Waals surface area contributed by atoms with Crippen LogP contribution in [0.1, 0.15) is 37.2 Å². The van der Waals surface area contributed by atoms with Gasteiger partial charge >= 0.3 is 0 Å². The highest BCUT2D eigenvalue weighted by molar-refractivity contribution is 6.03. The van der Waals surface area contributed by atoms with Crippen molar-refractivity contribution in [1.29, 1.82) is 0 Å². The maximum absolute atomic E-state index is 13.5. The average molecular weight is 249 g/mol. The number of carbonyl (C=O) groups excluding carboxylic acids is 1. The predicted molar refractivity (Wildman–Crippen MR) is 68.0 cm³/mol. The number of halogens is 1. The largest absolute Gasteiger partial charge is 0.450 e. The van der Waals surface area contributed by atoms with Crippen LogP contribution in [0, 0.1) is 5.82 Å². The summed E-state index contributed by atoms with van der Waals surface area (Å²) in [5.41, 5.74) is 5.20. The van der Waals surface area contributed by atoms with Crippen molar-refractivity contribution in [2.45, 2.75) is 32.2 Å². The molecule has 0 aliphatic heterocycles. The number of benzene rings is 1. The maximum Gasteiger partial charge on any atom is 0.217 e. The van der Waals surface area contributed by atoms with E-state index in [0.29, 0.717) is 18.2 Å². The smallest absolute Gasteiger partial charge is 0.217 e. The molecule has 0 atom stereocenters. The van der Waals surface area contributed by atoms with Gasteiger partial charge in [0.05, 0.1) is 5.54 Å². The Morgan fingerprint density at radius 2 is 2.06 bits per heavy atom. The Labute approximate surface area is 105 Å². The molecule has 0 saturated heterocycles. The zero-order valence-electron chi connectivity index (χ0n) is 10.5. The number of nitrogens with two attached hydrogens (primary N) is 1. The third-order valence-corrected chi connectivity index (χ3v) is 3.43. The first-order valence-corrected chi connectivity index (χ1v) is 6.03. The molecule has 0 saturated carbocycles. The Morgan fingerprint density at radius 3 is 2.61 bits per heavy atom. The molecule has 1 heterocycles. The van der Waals surface area contributed by atoms with Crippen LogP contribution in [-0.2, 0) is 0 Å². The van der Waals surface area contributed by atoms with Gasteiger partial charge in [-0.3, -0.25) is 4.79 Å². The minimum Gasteiger partial charge on any atom is -0.450 e. The molecule has 1 aromatic carbocycles. The maximum atomic E-state index is 13.5. The average Bonchev–Trinajstić information content (AvgIpc) is 2.82. The Hall–Kier alpha value is -1.68. The highest BCUT2D eigenvalue weighted by Crippen LogP contribution is 2.26. The SMILES string of the molecule is CCC(N)(CC)C(=O)c1cc2cccc(F)c2o1. The molecule has 3 nitrogen and oxygen atoms in total. The van der Waals surface area contributed by atoms with Crippen molar-refractivity contribution in [3.63, 3.8) is 0 Å². The summed E-state index contributed by atoms with van der Waals surface area (Å²) in [6.45, 7) is 3.70. The highest BCUT2D eigenvalue weighted by atomic mass is 19.1. The van der Waals surface area contributed by atoms with E-state index in [1.165, 1.54) is 6.07 Å². The molecule has 0 amide bonds. The van der Waals surface area contributed by atoms with Crippen LogP contribution in [0.25, 0.3) is 11.0 Å². The van der Waals surface area contributed by atoms with Gasteiger partial charge in [0.25, 0.3) is 0 Å². The first kappa shape index (κ1) is 12.8. The van der Waals surface area contributed by atoms with Crippen LogP contribution in [-0.4, -0.2) is 11.3 Å². The fraction of sp³-hybridized carbons (Fsp3) is 0.357. The highest BCUT2D eigenvalue weighted by Gasteiger charge is 2.33. The van der Waals surface area contributed by atoms with Crippen LogP contribution in [0.4, 0.5) is 4.39 Å². The summed E-state index contributed by atoms with van der Waals surface area (Å²) >= 11 is 0. The number of hydrogen-bond donors (Lipinski definition) is 1. The zero-order chi connectivity index (χ0) is 13.3. The number of furan rings is 1. The Kier molecular flexibility index (Phi) is 3.22. The van der Waals surface area contributed by atoms with Crippen molar-refractivity contribution in [3.05, 3.63) is 35.8 Å². The van der Waals surface area contributed by atoms with Gasteiger partial charge in [0.2, 0.25) is 5.78 Å². The molecule has 2 rings (SSSR count). The Morgan fingerprint density at radius 1 is 1.39 bits per heavy atom. The van der Waals surface area contributed by atoms with Crippen molar-refractivity contribution in [2.75, 3.05) is 0 Å². The molecule has 1 aromatic heterocycles. The molecule has 18 heavy (non-hydrogen) atoms. The number of Topliss-reactive ketones (excluding diaryl/α,β-unsaturated/α-hetero) is 1. The van der Waals surface area contributed by atoms with Crippen LogP contribution < -0.4 is 5.73 Å². The summed E-state index contributed by atoms with van der Waals surface area (Å²) in [4.78, 5) is 12.3. The van der Waals surface area contributed by atoms with E-state index < -0.39 is 11.4 Å². The molecule has 0 fully saturated rings. The standard InChI is InChI=1S/C14H16FNO2/c1-3-14(16,4-2)13(17)11-8-9-6-5-7-10(15)12(9)18-11/h5-8H,3-4,16H2,1-2H3. The third kappa shape index (κ3) is 1.93. The summed E-state index contributed by atoms with van der Waals surface area (Å²) in [5, 5.41) is 0.577. The van der Waals surface area contributed by atoms with E-state index in [0.717, 1.165) is 0 Å². The summed E-state index contributed by atoms with van der Waals surface area (Å²) in [6.07, 6.45) is 1.03. The van der Waals surface area contributed by atoms with Gasteiger partial charge < -0.3 is 10.2 Å². The molecule has 2 N–H and O–H groups in total. The van der Waals surface area contributed by atoms with Crippen LogP contribution in [0.2, 0.25) is 0 Å². The lowest BCUT2D eigenvalue weighted by atomic mass is 9.88. The van der Waals surface area contributed by atoms with E-state index >= 15 is 0 Å². The molecule has 0 aliphatic rings. The minimum absolute atomic E-state index is 0.107. The second-order valence-electron chi connectivity index (χ2n) is 4.46. The molecule has 0 unspecified atom stereocenters. The van der Waals surface area contributed by atoms with Crippen molar-refractivity contribution in [2.24, 2.45) is 5.73 Å². The van der Waals surface area contributed by atoms with Crippen molar-refractivity contribution in [1.82, 2.24) is 0 Å². The number of hydrogen-bond acceptors (Lipinski definition) is 3. The molecule has 4 heteroatoms. The monoisotopic (exact) mass is 249 g/mol. The number of fused-ring (bicyclic) bond motifs is 1. The molecular formula is C14H16FNO2. The minimum atomic E-state index is -0.940. The summed E-state index contributed by atoms with van der Waals surface area (Å²) < 4.78 is 18.8. The second kappa shape index (κ2) is 4.53.